The topological polar surface area (TPSA) is 43.3 Å². The minimum absolute atomic E-state index is 0.0882. The zero-order valence-corrected chi connectivity index (χ0v) is 12.5. The van der Waals surface area contributed by atoms with Crippen molar-refractivity contribution in [3.63, 3.8) is 0 Å². The number of hydrogen-bond acceptors (Lipinski definition) is 2. The number of hydrogen-bond donors (Lipinski definition) is 1. The molecule has 1 saturated heterocycles. The van der Waals surface area contributed by atoms with E-state index >= 15 is 0 Å². The summed E-state index contributed by atoms with van der Waals surface area (Å²) in [5.41, 5.74) is 2.47. The maximum Gasteiger partial charge on any atom is 0.240 e. The second-order valence-corrected chi connectivity index (χ2v) is 5.61. The third-order valence-electron chi connectivity index (χ3n) is 4.15. The van der Waals surface area contributed by atoms with Crippen molar-refractivity contribution in [2.75, 3.05) is 13.2 Å². The lowest BCUT2D eigenvalue weighted by Gasteiger charge is -2.23. The lowest BCUT2D eigenvalue weighted by Crippen LogP contribution is -2.40. The van der Waals surface area contributed by atoms with Gasteiger partial charge in [0.25, 0.3) is 0 Å². The van der Waals surface area contributed by atoms with Crippen molar-refractivity contribution in [1.29, 1.82) is 0 Å². The van der Waals surface area contributed by atoms with Gasteiger partial charge in [-0.3, -0.25) is 4.79 Å². The van der Waals surface area contributed by atoms with E-state index in [1.54, 1.807) is 0 Å². The zero-order valence-electron chi connectivity index (χ0n) is 12.5. The standard InChI is InChI=1S/C17H22N2O2/c1-2-13-4-3-5-14-6-9-19(17(13)14)12-16(20)18-15-7-10-21-11-8-15/h3-6,9,15H,2,7-8,10-12H2,1H3,(H,18,20). The van der Waals surface area contributed by atoms with Crippen molar-refractivity contribution in [2.45, 2.75) is 38.8 Å². The maximum absolute atomic E-state index is 12.2. The molecular weight excluding hydrogens is 264 g/mol. The Labute approximate surface area is 125 Å². The number of aryl methyl sites for hydroxylation is 1. The van der Waals surface area contributed by atoms with Gasteiger partial charge in [0, 0.05) is 25.5 Å². The van der Waals surface area contributed by atoms with Gasteiger partial charge in [0.05, 0.1) is 5.52 Å². The lowest BCUT2D eigenvalue weighted by atomic mass is 10.1. The van der Waals surface area contributed by atoms with Crippen LogP contribution in [0, 0.1) is 0 Å². The third-order valence-corrected chi connectivity index (χ3v) is 4.15. The Balaban J connectivity index is 1.73. The highest BCUT2D eigenvalue weighted by Gasteiger charge is 2.16. The number of ether oxygens (including phenoxy) is 1. The second-order valence-electron chi connectivity index (χ2n) is 5.61. The molecule has 1 aromatic carbocycles. The Kier molecular flexibility index (Phi) is 4.25. The van der Waals surface area contributed by atoms with Crippen molar-refractivity contribution in [1.82, 2.24) is 9.88 Å². The Morgan fingerprint density at radius 2 is 2.14 bits per heavy atom. The molecule has 2 aromatic rings. The van der Waals surface area contributed by atoms with Crippen molar-refractivity contribution in [3.05, 3.63) is 36.0 Å². The smallest absolute Gasteiger partial charge is 0.240 e. The zero-order chi connectivity index (χ0) is 14.7. The molecule has 1 aliphatic rings. The normalized spacial score (nSPS) is 16.2. The van der Waals surface area contributed by atoms with Crippen LogP contribution < -0.4 is 5.32 Å². The van der Waals surface area contributed by atoms with Crippen LogP contribution in [0.2, 0.25) is 0 Å². The molecule has 21 heavy (non-hydrogen) atoms. The third kappa shape index (κ3) is 3.10. The maximum atomic E-state index is 12.2. The van der Waals surface area contributed by atoms with E-state index < -0.39 is 0 Å². The summed E-state index contributed by atoms with van der Waals surface area (Å²) in [5.74, 6) is 0.0882. The molecule has 1 aromatic heterocycles. The Bertz CT molecular complexity index is 627. The molecule has 0 atom stereocenters. The van der Waals surface area contributed by atoms with Gasteiger partial charge in [-0.05, 0) is 36.3 Å². The van der Waals surface area contributed by atoms with Crippen LogP contribution in [0.15, 0.2) is 30.5 Å². The van der Waals surface area contributed by atoms with Crippen LogP contribution in [-0.2, 0) is 22.5 Å². The molecule has 0 bridgehead atoms. The molecule has 0 spiro atoms. The summed E-state index contributed by atoms with van der Waals surface area (Å²) in [7, 11) is 0. The average Bonchev–Trinajstić information content (AvgIpc) is 2.91. The highest BCUT2D eigenvalue weighted by molar-refractivity contribution is 5.85. The monoisotopic (exact) mass is 286 g/mol. The quantitative estimate of drug-likeness (QED) is 0.938. The number of nitrogens with zero attached hydrogens (tertiary/aromatic N) is 1. The summed E-state index contributed by atoms with van der Waals surface area (Å²) in [6, 6.07) is 8.65. The first-order valence-electron chi connectivity index (χ1n) is 7.71. The van der Waals surface area contributed by atoms with Gasteiger partial charge >= 0.3 is 0 Å². The molecule has 1 fully saturated rings. The van der Waals surface area contributed by atoms with Gasteiger partial charge in [0.1, 0.15) is 6.54 Å². The predicted octanol–water partition coefficient (Wildman–Crippen LogP) is 2.50. The Hall–Kier alpha value is -1.81. The number of benzene rings is 1. The van der Waals surface area contributed by atoms with Crippen LogP contribution in [-0.4, -0.2) is 29.7 Å². The number of para-hydroxylation sites is 1. The SMILES string of the molecule is CCc1cccc2ccn(CC(=O)NC3CCOCC3)c12. The van der Waals surface area contributed by atoms with Gasteiger partial charge in [-0.25, -0.2) is 0 Å². The molecule has 0 aliphatic carbocycles. The van der Waals surface area contributed by atoms with Crippen molar-refractivity contribution in [2.24, 2.45) is 0 Å². The summed E-state index contributed by atoms with van der Waals surface area (Å²) < 4.78 is 7.38. The van der Waals surface area contributed by atoms with E-state index in [0.717, 1.165) is 32.5 Å². The van der Waals surface area contributed by atoms with Crippen LogP contribution in [0.25, 0.3) is 10.9 Å². The number of amides is 1. The van der Waals surface area contributed by atoms with E-state index in [-0.39, 0.29) is 11.9 Å². The van der Waals surface area contributed by atoms with Crippen LogP contribution in [0.5, 0.6) is 0 Å². The summed E-state index contributed by atoms with van der Waals surface area (Å²) in [6.45, 7) is 4.03. The summed E-state index contributed by atoms with van der Waals surface area (Å²) >= 11 is 0. The van der Waals surface area contributed by atoms with Crippen LogP contribution in [0.3, 0.4) is 0 Å². The number of carbonyl (C=O) groups excluding carboxylic acids is 1. The Morgan fingerprint density at radius 3 is 2.90 bits per heavy atom. The van der Waals surface area contributed by atoms with E-state index in [1.807, 2.05) is 6.20 Å². The molecular formula is C17H22N2O2. The predicted molar refractivity (Wildman–Crippen MR) is 83.3 cm³/mol. The minimum atomic E-state index is 0.0882. The van der Waals surface area contributed by atoms with Crippen LogP contribution >= 0.6 is 0 Å². The van der Waals surface area contributed by atoms with Gasteiger partial charge in [0.15, 0.2) is 0 Å². The largest absolute Gasteiger partial charge is 0.381 e. The molecule has 0 radical (unpaired) electrons. The van der Waals surface area contributed by atoms with Gasteiger partial charge in [-0.2, -0.15) is 0 Å². The average molecular weight is 286 g/mol. The number of fused-ring (bicyclic) bond motifs is 1. The fourth-order valence-electron chi connectivity index (χ4n) is 3.03. The molecule has 0 unspecified atom stereocenters. The number of rotatable bonds is 4. The van der Waals surface area contributed by atoms with E-state index in [1.165, 1.54) is 16.5 Å². The molecule has 1 N–H and O–H groups in total. The fraction of sp³-hybridized carbons (Fsp3) is 0.471. The minimum Gasteiger partial charge on any atom is -0.381 e. The molecule has 112 valence electrons. The summed E-state index contributed by atoms with van der Waals surface area (Å²) in [5, 5.41) is 4.32. The van der Waals surface area contributed by atoms with Gasteiger partial charge < -0.3 is 14.6 Å². The van der Waals surface area contributed by atoms with Crippen LogP contribution in [0.1, 0.15) is 25.3 Å². The highest BCUT2D eigenvalue weighted by Crippen LogP contribution is 2.20. The van der Waals surface area contributed by atoms with Crippen molar-refractivity contribution in [3.8, 4) is 0 Å². The molecule has 0 saturated carbocycles. The second kappa shape index (κ2) is 6.31. The number of carbonyl (C=O) groups is 1. The van der Waals surface area contributed by atoms with Crippen LogP contribution in [0.4, 0.5) is 0 Å². The molecule has 4 heteroatoms. The first kappa shape index (κ1) is 14.1. The molecule has 1 aliphatic heterocycles. The lowest BCUT2D eigenvalue weighted by molar-refractivity contribution is -0.122. The van der Waals surface area contributed by atoms with E-state index in [2.05, 4.69) is 41.1 Å². The van der Waals surface area contributed by atoms with Gasteiger partial charge in [-0.15, -0.1) is 0 Å². The first-order chi connectivity index (χ1) is 10.3. The number of nitrogens with one attached hydrogen (secondary N) is 1. The van der Waals surface area contributed by atoms with Crippen molar-refractivity contribution < 1.29 is 9.53 Å². The summed E-state index contributed by atoms with van der Waals surface area (Å²) in [4.78, 5) is 12.2. The molecule has 3 rings (SSSR count). The highest BCUT2D eigenvalue weighted by atomic mass is 16.5. The van der Waals surface area contributed by atoms with Gasteiger partial charge in [-0.1, -0.05) is 25.1 Å². The summed E-state index contributed by atoms with van der Waals surface area (Å²) in [6.07, 6.45) is 4.81. The fourth-order valence-corrected chi connectivity index (χ4v) is 3.03. The number of aromatic nitrogens is 1. The van der Waals surface area contributed by atoms with Gasteiger partial charge in [0.2, 0.25) is 5.91 Å². The molecule has 4 nitrogen and oxygen atoms in total. The molecule has 1 amide bonds. The first-order valence-corrected chi connectivity index (χ1v) is 7.71. The molecule has 2 heterocycles. The van der Waals surface area contributed by atoms with E-state index in [9.17, 15) is 4.79 Å². The van der Waals surface area contributed by atoms with E-state index in [0.29, 0.717) is 6.54 Å². The van der Waals surface area contributed by atoms with Crippen molar-refractivity contribution >= 4 is 16.8 Å². The van der Waals surface area contributed by atoms with E-state index in [4.69, 9.17) is 4.74 Å². The Morgan fingerprint density at radius 1 is 1.33 bits per heavy atom.